The summed E-state index contributed by atoms with van der Waals surface area (Å²) in [6, 6.07) is 0. The largest absolute Gasteiger partial charge is 0.396 e. The number of fused-ring (bicyclic) bond motifs is 5. The first-order chi connectivity index (χ1) is 12.9. The minimum absolute atomic E-state index is 0. The number of carbonyl (C=O) groups is 1. The molecule has 0 radical (unpaired) electrons. The molecular formula is C22H37ClN2O3. The van der Waals surface area contributed by atoms with E-state index in [1.165, 1.54) is 6.42 Å². The minimum atomic E-state index is -0.0955. The van der Waals surface area contributed by atoms with E-state index in [1.807, 2.05) is 0 Å². The molecule has 1 unspecified atom stereocenters. The maximum absolute atomic E-state index is 12.6. The Balaban J connectivity index is 0.00000225. The molecule has 4 aliphatic carbocycles. The van der Waals surface area contributed by atoms with E-state index < -0.39 is 0 Å². The molecule has 4 fully saturated rings. The number of halogens is 1. The highest BCUT2D eigenvalue weighted by atomic mass is 35.5. The molecule has 7 atom stereocenters. The molecule has 0 aromatic carbocycles. The molecule has 6 heteroatoms. The van der Waals surface area contributed by atoms with Crippen LogP contribution in [0.2, 0.25) is 0 Å². The Kier molecular flexibility index (Phi) is 6.48. The molecule has 0 heterocycles. The van der Waals surface area contributed by atoms with Crippen molar-refractivity contribution in [3.63, 3.8) is 0 Å². The summed E-state index contributed by atoms with van der Waals surface area (Å²) < 4.78 is 0. The van der Waals surface area contributed by atoms with Gasteiger partial charge in [-0.3, -0.25) is 4.79 Å². The highest BCUT2D eigenvalue weighted by Crippen LogP contribution is 2.66. The summed E-state index contributed by atoms with van der Waals surface area (Å²) in [5.41, 5.74) is 6.79. The summed E-state index contributed by atoms with van der Waals surface area (Å²) >= 11 is 0. The first-order valence-corrected chi connectivity index (χ1v) is 11.0. The van der Waals surface area contributed by atoms with Crippen molar-refractivity contribution < 1.29 is 14.7 Å². The second-order valence-corrected chi connectivity index (χ2v) is 10.1. The van der Waals surface area contributed by atoms with E-state index in [1.54, 1.807) is 0 Å². The van der Waals surface area contributed by atoms with Crippen molar-refractivity contribution >= 4 is 23.9 Å². The summed E-state index contributed by atoms with van der Waals surface area (Å²) in [6.07, 6.45) is 8.19. The van der Waals surface area contributed by atoms with E-state index in [4.69, 9.17) is 10.6 Å². The zero-order chi connectivity index (χ0) is 19.2. The molecule has 28 heavy (non-hydrogen) atoms. The van der Waals surface area contributed by atoms with Crippen LogP contribution >= 0.6 is 12.4 Å². The summed E-state index contributed by atoms with van der Waals surface area (Å²) in [5, 5.41) is 14.6. The van der Waals surface area contributed by atoms with E-state index in [-0.39, 0.29) is 29.8 Å². The van der Waals surface area contributed by atoms with Crippen molar-refractivity contribution in [1.82, 2.24) is 0 Å². The molecule has 0 saturated heterocycles. The van der Waals surface area contributed by atoms with Crippen LogP contribution in [0.3, 0.4) is 0 Å². The van der Waals surface area contributed by atoms with Crippen LogP contribution in [0.15, 0.2) is 5.16 Å². The van der Waals surface area contributed by atoms with Gasteiger partial charge in [0.15, 0.2) is 0 Å². The van der Waals surface area contributed by atoms with Crippen molar-refractivity contribution in [3.8, 4) is 0 Å². The van der Waals surface area contributed by atoms with E-state index in [2.05, 4.69) is 19.0 Å². The van der Waals surface area contributed by atoms with Crippen LogP contribution in [0.5, 0.6) is 0 Å². The third-order valence-corrected chi connectivity index (χ3v) is 9.03. The number of oxime groups is 1. The lowest BCUT2D eigenvalue weighted by molar-refractivity contribution is -0.145. The van der Waals surface area contributed by atoms with Crippen LogP contribution in [-0.4, -0.2) is 36.4 Å². The molecule has 3 N–H and O–H groups in total. The highest BCUT2D eigenvalue weighted by molar-refractivity contribution is 5.87. The number of Topliss-reactive ketones (excluding diaryl/α,β-unsaturated/α-hetero) is 1. The summed E-state index contributed by atoms with van der Waals surface area (Å²) in [4.78, 5) is 18.0. The fourth-order valence-electron chi connectivity index (χ4n) is 7.55. The Hall–Kier alpha value is -0.650. The van der Waals surface area contributed by atoms with Gasteiger partial charge < -0.3 is 15.7 Å². The number of carbonyl (C=O) groups excluding carboxylic acids is 1. The molecule has 4 aliphatic rings. The van der Waals surface area contributed by atoms with Crippen molar-refractivity contribution in [2.45, 2.75) is 65.2 Å². The molecule has 5 nitrogen and oxygen atoms in total. The number of rotatable bonds is 4. The lowest BCUT2D eigenvalue weighted by Crippen LogP contribution is -2.56. The normalized spacial score (nSPS) is 46.4. The topological polar surface area (TPSA) is 84.9 Å². The van der Waals surface area contributed by atoms with Gasteiger partial charge in [-0.15, -0.1) is 12.4 Å². The molecule has 4 rings (SSSR count). The maximum Gasteiger partial charge on any atom is 0.139 e. The van der Waals surface area contributed by atoms with E-state index in [0.29, 0.717) is 48.5 Å². The Labute approximate surface area is 175 Å². The molecule has 4 saturated carbocycles. The monoisotopic (exact) mass is 412 g/mol. The van der Waals surface area contributed by atoms with Crippen LogP contribution in [0.1, 0.15) is 65.2 Å². The van der Waals surface area contributed by atoms with Gasteiger partial charge in [0.2, 0.25) is 0 Å². The lowest BCUT2D eigenvalue weighted by atomic mass is 9.43. The number of nitrogens with zero attached hydrogens (tertiary/aromatic N) is 1. The van der Waals surface area contributed by atoms with Crippen molar-refractivity contribution in [1.29, 1.82) is 0 Å². The molecule has 0 aromatic rings. The summed E-state index contributed by atoms with van der Waals surface area (Å²) in [6.45, 7) is 5.89. The number of ketones is 1. The van der Waals surface area contributed by atoms with Gasteiger partial charge in [0.05, 0.1) is 5.71 Å². The van der Waals surface area contributed by atoms with E-state index >= 15 is 0 Å². The standard InChI is InChI=1S/C22H36N2O3.ClH/c1-21-7-5-15(24-27-10-9-23)12-19(21)14(13-25)11-16-17-3-4-20(26)22(17,2)8-6-18(16)21;/h14,16-19,25H,3-13,23H2,1-2H3;1H/t14-,16-,17-,18-,19?,21+,22-;/m0./s1. The third kappa shape index (κ3) is 3.31. The second-order valence-electron chi connectivity index (χ2n) is 10.1. The summed E-state index contributed by atoms with van der Waals surface area (Å²) in [7, 11) is 0. The smallest absolute Gasteiger partial charge is 0.139 e. The molecule has 0 amide bonds. The first kappa shape index (κ1) is 22.0. The van der Waals surface area contributed by atoms with Gasteiger partial charge in [-0.1, -0.05) is 19.0 Å². The predicted octanol–water partition coefficient (Wildman–Crippen LogP) is 3.57. The van der Waals surface area contributed by atoms with Gasteiger partial charge in [-0.05, 0) is 80.0 Å². The zero-order valence-corrected chi connectivity index (χ0v) is 18.2. The van der Waals surface area contributed by atoms with Crippen LogP contribution in [0, 0.1) is 40.4 Å². The van der Waals surface area contributed by atoms with Gasteiger partial charge in [0.25, 0.3) is 0 Å². The molecule has 0 aliphatic heterocycles. The van der Waals surface area contributed by atoms with E-state index in [9.17, 15) is 9.90 Å². The average molecular weight is 413 g/mol. The van der Waals surface area contributed by atoms with Crippen molar-refractivity contribution in [2.75, 3.05) is 19.8 Å². The van der Waals surface area contributed by atoms with Crippen LogP contribution in [0.4, 0.5) is 0 Å². The van der Waals surface area contributed by atoms with Gasteiger partial charge in [0.1, 0.15) is 12.4 Å². The van der Waals surface area contributed by atoms with Crippen LogP contribution < -0.4 is 5.73 Å². The SMILES string of the molecule is C[C@]12CCC(=NOCCN)CC1[C@H](CO)C[C@@H]1[C@@H]2CC[C@]2(C)C(=O)CC[C@@H]12.Cl. The van der Waals surface area contributed by atoms with Crippen molar-refractivity contribution in [3.05, 3.63) is 0 Å². The Bertz CT molecular complexity index is 627. The maximum atomic E-state index is 12.6. The Morgan fingerprint density at radius 3 is 2.68 bits per heavy atom. The molecular weight excluding hydrogens is 376 g/mol. The fraction of sp³-hybridized carbons (Fsp3) is 0.909. The number of aliphatic hydroxyl groups is 1. The Morgan fingerprint density at radius 2 is 1.96 bits per heavy atom. The van der Waals surface area contributed by atoms with Crippen molar-refractivity contribution in [2.24, 2.45) is 51.3 Å². The van der Waals surface area contributed by atoms with E-state index in [0.717, 1.165) is 50.7 Å². The molecule has 0 bridgehead atoms. The number of nitrogens with two attached hydrogens (primary N) is 1. The summed E-state index contributed by atoms with van der Waals surface area (Å²) in [5.74, 6) is 3.09. The lowest BCUT2D eigenvalue weighted by Gasteiger charge is -2.61. The van der Waals surface area contributed by atoms with Crippen LogP contribution in [-0.2, 0) is 9.63 Å². The molecule has 0 spiro atoms. The fourth-order valence-corrected chi connectivity index (χ4v) is 7.55. The molecule has 0 aromatic heterocycles. The van der Waals surface area contributed by atoms with Gasteiger partial charge in [-0.2, -0.15) is 0 Å². The Morgan fingerprint density at radius 1 is 1.18 bits per heavy atom. The van der Waals surface area contributed by atoms with Crippen LogP contribution in [0.25, 0.3) is 0 Å². The first-order valence-electron chi connectivity index (χ1n) is 11.0. The number of hydrogen-bond donors (Lipinski definition) is 2. The third-order valence-electron chi connectivity index (χ3n) is 9.03. The average Bonchev–Trinajstić information content (AvgIpc) is 2.96. The van der Waals surface area contributed by atoms with Gasteiger partial charge in [-0.25, -0.2) is 0 Å². The number of hydrogen-bond acceptors (Lipinski definition) is 5. The van der Waals surface area contributed by atoms with Gasteiger partial charge in [0, 0.05) is 25.0 Å². The number of aliphatic hydroxyl groups excluding tert-OH is 1. The zero-order valence-electron chi connectivity index (χ0n) is 17.4. The second kappa shape index (κ2) is 8.23. The highest BCUT2D eigenvalue weighted by Gasteiger charge is 2.61. The minimum Gasteiger partial charge on any atom is -0.396 e. The van der Waals surface area contributed by atoms with Gasteiger partial charge >= 0.3 is 0 Å². The predicted molar refractivity (Wildman–Crippen MR) is 112 cm³/mol. The quantitative estimate of drug-likeness (QED) is 0.546. The molecule has 160 valence electrons.